The van der Waals surface area contributed by atoms with Crippen LogP contribution in [0.2, 0.25) is 0 Å². The Morgan fingerprint density at radius 1 is 1.39 bits per heavy atom. The first-order valence-corrected chi connectivity index (χ1v) is 9.55. The van der Waals surface area contributed by atoms with Gasteiger partial charge in [0.1, 0.15) is 12.9 Å². The molecule has 0 bridgehead atoms. The van der Waals surface area contributed by atoms with Crippen molar-refractivity contribution in [2.75, 3.05) is 12.4 Å². The van der Waals surface area contributed by atoms with Crippen molar-refractivity contribution >= 4 is 34.4 Å². The molecule has 14 heteroatoms. The minimum Gasteiger partial charge on any atom is -0.358 e. The first-order chi connectivity index (χ1) is 14.7. The summed E-state index contributed by atoms with van der Waals surface area (Å²) in [5, 5.41) is 20.2. The predicted octanol–water partition coefficient (Wildman–Crippen LogP) is 1.91. The molecule has 0 spiro atoms. The van der Waals surface area contributed by atoms with E-state index < -0.39 is 28.5 Å². The number of anilines is 1. The van der Waals surface area contributed by atoms with E-state index >= 15 is 0 Å². The summed E-state index contributed by atoms with van der Waals surface area (Å²) >= 11 is 0.908. The van der Waals surface area contributed by atoms with E-state index in [1.165, 1.54) is 31.1 Å². The van der Waals surface area contributed by atoms with Crippen LogP contribution in [0.5, 0.6) is 0 Å². The summed E-state index contributed by atoms with van der Waals surface area (Å²) in [5.41, 5.74) is 0.443. The quantitative estimate of drug-likeness (QED) is 0.414. The Bertz CT molecular complexity index is 1130. The van der Waals surface area contributed by atoms with Crippen LogP contribution in [0.4, 0.5) is 20.1 Å². The van der Waals surface area contributed by atoms with Crippen LogP contribution in [-0.4, -0.2) is 47.9 Å². The van der Waals surface area contributed by atoms with Crippen molar-refractivity contribution < 1.29 is 18.9 Å². The van der Waals surface area contributed by atoms with Crippen LogP contribution < -0.4 is 10.6 Å². The topological polar surface area (TPSA) is 148 Å². The van der Waals surface area contributed by atoms with Crippen molar-refractivity contribution in [1.82, 2.24) is 29.4 Å². The van der Waals surface area contributed by atoms with E-state index in [2.05, 4.69) is 25.1 Å². The van der Waals surface area contributed by atoms with Gasteiger partial charge in [0.25, 0.3) is 5.91 Å². The molecule has 0 aliphatic rings. The van der Waals surface area contributed by atoms with Gasteiger partial charge >= 0.3 is 11.8 Å². The van der Waals surface area contributed by atoms with Crippen LogP contribution in [0.1, 0.15) is 21.7 Å². The van der Waals surface area contributed by atoms with Gasteiger partial charge in [0.05, 0.1) is 12.7 Å². The number of nitrogens with zero attached hydrogens (tertiary/aromatic N) is 6. The highest BCUT2D eigenvalue weighted by Gasteiger charge is 2.27. The average molecular weight is 448 g/mol. The monoisotopic (exact) mass is 448 g/mol. The maximum absolute atomic E-state index is 13.2. The molecule has 0 aliphatic heterocycles. The minimum absolute atomic E-state index is 0.0338. The maximum atomic E-state index is 13.2. The summed E-state index contributed by atoms with van der Waals surface area (Å²) in [6, 6.07) is 5.27. The van der Waals surface area contributed by atoms with Gasteiger partial charge in [0.15, 0.2) is 11.4 Å². The number of hydrogen-bond acceptors (Lipinski definition) is 8. The van der Waals surface area contributed by atoms with Crippen molar-refractivity contribution in [3.63, 3.8) is 0 Å². The molecule has 2 aromatic heterocycles. The van der Waals surface area contributed by atoms with E-state index in [0.29, 0.717) is 5.56 Å². The SMILES string of the molecule is CN(Cc1nsc(NC(=O)NCc2cccc(F)c2)n1)C(=O)c1cnn(C)c1[N+](=O)[O-]. The van der Waals surface area contributed by atoms with Gasteiger partial charge in [-0.05, 0) is 22.6 Å². The zero-order valence-corrected chi connectivity index (χ0v) is 17.2. The molecule has 0 unspecified atom stereocenters. The summed E-state index contributed by atoms with van der Waals surface area (Å²) in [4.78, 5) is 40.3. The summed E-state index contributed by atoms with van der Waals surface area (Å²) in [6.07, 6.45) is 1.13. The second-order valence-electron chi connectivity index (χ2n) is 6.38. The lowest BCUT2D eigenvalue weighted by Crippen LogP contribution is -2.28. The number of carbonyl (C=O) groups excluding carboxylic acids is 2. The number of carbonyl (C=O) groups is 2. The lowest BCUT2D eigenvalue weighted by atomic mass is 10.2. The highest BCUT2D eigenvalue weighted by Crippen LogP contribution is 2.19. The van der Waals surface area contributed by atoms with E-state index in [1.807, 2.05) is 0 Å². The number of rotatable bonds is 7. The lowest BCUT2D eigenvalue weighted by Gasteiger charge is -2.13. The van der Waals surface area contributed by atoms with Crippen molar-refractivity contribution in [2.45, 2.75) is 13.1 Å². The zero-order valence-electron chi connectivity index (χ0n) is 16.4. The molecule has 31 heavy (non-hydrogen) atoms. The van der Waals surface area contributed by atoms with E-state index in [4.69, 9.17) is 0 Å². The van der Waals surface area contributed by atoms with Gasteiger partial charge in [-0.2, -0.15) is 4.37 Å². The van der Waals surface area contributed by atoms with Crippen molar-refractivity contribution in [2.24, 2.45) is 7.05 Å². The van der Waals surface area contributed by atoms with Gasteiger partial charge in [-0.3, -0.25) is 10.1 Å². The molecule has 0 fully saturated rings. The van der Waals surface area contributed by atoms with Crippen LogP contribution in [0, 0.1) is 15.9 Å². The number of nitrogens with one attached hydrogen (secondary N) is 2. The Labute approximate surface area is 179 Å². The number of amides is 3. The van der Waals surface area contributed by atoms with Crippen molar-refractivity contribution in [3.05, 3.63) is 63.3 Å². The third-order valence-electron chi connectivity index (χ3n) is 4.07. The summed E-state index contributed by atoms with van der Waals surface area (Å²) in [6.45, 7) is 0.0877. The van der Waals surface area contributed by atoms with E-state index in [9.17, 15) is 24.1 Å². The molecule has 3 rings (SSSR count). The standard InChI is InChI=1S/C17H17FN8O4S/c1-24(15(27)12-8-20-25(2)14(12)26(29)30)9-13-21-17(31-23-13)22-16(28)19-7-10-4-3-5-11(18)6-10/h3-6,8H,7,9H2,1-2H3,(H2,19,21,22,23,28). The number of nitro groups is 1. The molecule has 0 radical (unpaired) electrons. The molecule has 0 saturated heterocycles. The molecule has 2 heterocycles. The molecular formula is C17H17FN8O4S. The number of aromatic nitrogens is 4. The number of benzene rings is 1. The fraction of sp³-hybridized carbons (Fsp3) is 0.235. The Hall–Kier alpha value is -3.94. The lowest BCUT2D eigenvalue weighted by molar-refractivity contribution is -0.392. The van der Waals surface area contributed by atoms with Gasteiger partial charge in [-0.15, -0.1) is 4.68 Å². The van der Waals surface area contributed by atoms with Crippen molar-refractivity contribution in [3.8, 4) is 0 Å². The molecule has 0 aliphatic carbocycles. The number of halogens is 1. The molecule has 3 aromatic rings. The molecule has 0 saturated carbocycles. The van der Waals surface area contributed by atoms with Gasteiger partial charge < -0.3 is 20.3 Å². The molecule has 12 nitrogen and oxygen atoms in total. The van der Waals surface area contributed by atoms with Crippen LogP contribution in [0.25, 0.3) is 0 Å². The maximum Gasteiger partial charge on any atom is 0.357 e. The first kappa shape index (κ1) is 21.8. The highest BCUT2D eigenvalue weighted by molar-refractivity contribution is 7.09. The third kappa shape index (κ3) is 5.36. The number of hydrogen-bond donors (Lipinski definition) is 2. The number of urea groups is 1. The second-order valence-corrected chi connectivity index (χ2v) is 7.13. The number of aryl methyl sites for hydroxylation is 1. The van der Waals surface area contributed by atoms with Gasteiger partial charge in [-0.25, -0.2) is 14.2 Å². The zero-order chi connectivity index (χ0) is 22.5. The van der Waals surface area contributed by atoms with Crippen LogP contribution in [0.15, 0.2) is 30.5 Å². The normalized spacial score (nSPS) is 10.5. The molecule has 162 valence electrons. The summed E-state index contributed by atoms with van der Waals surface area (Å²) in [7, 11) is 2.81. The van der Waals surface area contributed by atoms with Crippen LogP contribution >= 0.6 is 11.5 Å². The van der Waals surface area contributed by atoms with E-state index in [0.717, 1.165) is 22.4 Å². The molecular weight excluding hydrogens is 431 g/mol. The molecule has 0 atom stereocenters. The first-order valence-electron chi connectivity index (χ1n) is 8.78. The van der Waals surface area contributed by atoms with Crippen LogP contribution in [-0.2, 0) is 20.1 Å². The summed E-state index contributed by atoms with van der Waals surface area (Å²) < 4.78 is 18.2. The van der Waals surface area contributed by atoms with E-state index in [1.54, 1.807) is 12.1 Å². The predicted molar refractivity (Wildman–Crippen MR) is 108 cm³/mol. The highest BCUT2D eigenvalue weighted by atomic mass is 32.1. The van der Waals surface area contributed by atoms with Gasteiger partial charge in [0.2, 0.25) is 5.13 Å². The summed E-state index contributed by atoms with van der Waals surface area (Å²) in [5.74, 6) is -1.19. The Kier molecular flexibility index (Phi) is 6.49. The fourth-order valence-corrected chi connectivity index (χ4v) is 3.20. The Balaban J connectivity index is 1.56. The van der Waals surface area contributed by atoms with Gasteiger partial charge in [-0.1, -0.05) is 17.2 Å². The fourth-order valence-electron chi connectivity index (χ4n) is 2.63. The third-order valence-corrected chi connectivity index (χ3v) is 4.74. The molecule has 3 amide bonds. The molecule has 2 N–H and O–H groups in total. The van der Waals surface area contributed by atoms with Gasteiger partial charge in [0, 0.05) is 25.1 Å². The van der Waals surface area contributed by atoms with E-state index in [-0.39, 0.29) is 29.6 Å². The average Bonchev–Trinajstić information content (AvgIpc) is 3.32. The van der Waals surface area contributed by atoms with Crippen LogP contribution in [0.3, 0.4) is 0 Å². The Morgan fingerprint density at radius 2 is 2.16 bits per heavy atom. The Morgan fingerprint density at radius 3 is 2.87 bits per heavy atom. The van der Waals surface area contributed by atoms with Crippen molar-refractivity contribution in [1.29, 1.82) is 0 Å². The molecule has 1 aromatic carbocycles. The largest absolute Gasteiger partial charge is 0.358 e. The minimum atomic E-state index is -0.681. The smallest absolute Gasteiger partial charge is 0.357 e. The second kappa shape index (κ2) is 9.25.